The number of aryl methyl sites for hydroxylation is 2. The molecule has 0 aliphatic carbocycles. The van der Waals surface area contributed by atoms with E-state index in [0.29, 0.717) is 47.1 Å². The molecule has 37 heavy (non-hydrogen) atoms. The summed E-state index contributed by atoms with van der Waals surface area (Å²) in [5.74, 6) is 2.41. The van der Waals surface area contributed by atoms with Crippen molar-refractivity contribution < 1.29 is 14.2 Å². The molecule has 5 rings (SSSR count). The Morgan fingerprint density at radius 2 is 1.57 bits per heavy atom. The summed E-state index contributed by atoms with van der Waals surface area (Å²) in [5.41, 5.74) is 2.08. The maximum absolute atomic E-state index is 13.9. The first kappa shape index (κ1) is 24.1. The van der Waals surface area contributed by atoms with Crippen LogP contribution in [0.1, 0.15) is 5.56 Å². The predicted molar refractivity (Wildman–Crippen MR) is 144 cm³/mol. The molecule has 0 fully saturated rings. The van der Waals surface area contributed by atoms with Gasteiger partial charge in [0.05, 0.1) is 26.8 Å². The van der Waals surface area contributed by atoms with Crippen molar-refractivity contribution in [1.82, 2.24) is 14.1 Å². The van der Waals surface area contributed by atoms with Crippen LogP contribution in [0.15, 0.2) is 76.3 Å². The highest BCUT2D eigenvalue weighted by molar-refractivity contribution is 5.91. The monoisotopic (exact) mass is 497 g/mol. The van der Waals surface area contributed by atoms with Gasteiger partial charge in [0.25, 0.3) is 5.56 Å². The number of benzene rings is 3. The second-order valence-corrected chi connectivity index (χ2v) is 8.66. The minimum Gasteiger partial charge on any atom is -0.497 e. The van der Waals surface area contributed by atoms with E-state index in [4.69, 9.17) is 19.2 Å². The smallest absolute Gasteiger partial charge is 0.267 e. The summed E-state index contributed by atoms with van der Waals surface area (Å²) in [7, 11) is 6.59. The van der Waals surface area contributed by atoms with Gasteiger partial charge in [0.15, 0.2) is 17.1 Å². The third kappa shape index (κ3) is 4.20. The summed E-state index contributed by atoms with van der Waals surface area (Å²) in [6, 6.07) is 20.3. The summed E-state index contributed by atoms with van der Waals surface area (Å²) < 4.78 is 19.5. The van der Waals surface area contributed by atoms with Crippen molar-refractivity contribution in [2.24, 2.45) is 7.05 Å². The summed E-state index contributed by atoms with van der Waals surface area (Å²) in [6.07, 6.45) is 0.518. The van der Waals surface area contributed by atoms with Crippen molar-refractivity contribution in [2.75, 3.05) is 21.3 Å². The number of hydrogen-bond acceptors (Lipinski definition) is 6. The van der Waals surface area contributed by atoms with E-state index in [1.807, 2.05) is 61.6 Å². The molecule has 188 valence electrons. The summed E-state index contributed by atoms with van der Waals surface area (Å²) in [4.78, 5) is 32.3. The van der Waals surface area contributed by atoms with Crippen LogP contribution < -0.4 is 25.2 Å². The first-order valence-electron chi connectivity index (χ1n) is 11.8. The Balaban J connectivity index is 1.72. The second-order valence-electron chi connectivity index (χ2n) is 8.66. The first-order valence-corrected chi connectivity index (χ1v) is 11.8. The third-order valence-corrected chi connectivity index (χ3v) is 6.63. The van der Waals surface area contributed by atoms with Gasteiger partial charge in [0.2, 0.25) is 5.43 Å². The minimum atomic E-state index is -0.373. The summed E-state index contributed by atoms with van der Waals surface area (Å²) in [6.45, 7) is 0.314. The molecule has 0 amide bonds. The van der Waals surface area contributed by atoms with Crippen LogP contribution in [0, 0.1) is 0 Å². The van der Waals surface area contributed by atoms with Crippen LogP contribution in [0.25, 0.3) is 33.3 Å². The number of methoxy groups -OCH3 is 3. The van der Waals surface area contributed by atoms with E-state index in [0.717, 1.165) is 16.6 Å². The van der Waals surface area contributed by atoms with Gasteiger partial charge < -0.3 is 18.8 Å². The summed E-state index contributed by atoms with van der Waals surface area (Å²) >= 11 is 0. The quantitative estimate of drug-likeness (QED) is 0.314. The number of pyridine rings is 1. The van der Waals surface area contributed by atoms with Crippen molar-refractivity contribution in [3.05, 3.63) is 92.9 Å². The highest BCUT2D eigenvalue weighted by Gasteiger charge is 2.19. The normalized spacial score (nSPS) is 11.1. The first-order chi connectivity index (χ1) is 18.0. The van der Waals surface area contributed by atoms with Gasteiger partial charge in [-0.2, -0.15) is 0 Å². The van der Waals surface area contributed by atoms with Gasteiger partial charge in [-0.3, -0.25) is 14.2 Å². The van der Waals surface area contributed by atoms with Gasteiger partial charge in [-0.05, 0) is 60.5 Å². The lowest BCUT2D eigenvalue weighted by atomic mass is 10.1. The van der Waals surface area contributed by atoms with E-state index in [1.54, 1.807) is 42.6 Å². The molecule has 2 heterocycles. The van der Waals surface area contributed by atoms with Crippen LogP contribution >= 0.6 is 0 Å². The lowest BCUT2D eigenvalue weighted by Crippen LogP contribution is -2.29. The molecular weight excluding hydrogens is 470 g/mol. The molecule has 0 unspecified atom stereocenters. The number of rotatable bonds is 7. The molecule has 8 nitrogen and oxygen atoms in total. The van der Waals surface area contributed by atoms with E-state index in [-0.39, 0.29) is 16.4 Å². The van der Waals surface area contributed by atoms with Gasteiger partial charge in [0, 0.05) is 24.5 Å². The highest BCUT2D eigenvalue weighted by atomic mass is 16.5. The fourth-order valence-corrected chi connectivity index (χ4v) is 4.64. The Morgan fingerprint density at radius 3 is 2.27 bits per heavy atom. The molecule has 0 radical (unpaired) electrons. The molecule has 0 saturated carbocycles. The van der Waals surface area contributed by atoms with Gasteiger partial charge in [-0.15, -0.1) is 0 Å². The van der Waals surface area contributed by atoms with E-state index < -0.39 is 0 Å². The Kier molecular flexibility index (Phi) is 6.40. The minimum absolute atomic E-state index is 0.0748. The number of para-hydroxylation sites is 1. The third-order valence-electron chi connectivity index (χ3n) is 6.63. The molecule has 0 aliphatic rings. The molecule has 0 bridgehead atoms. The van der Waals surface area contributed by atoms with Crippen LogP contribution in [0.2, 0.25) is 0 Å². The molecule has 5 aromatic rings. The zero-order valence-electron chi connectivity index (χ0n) is 21.1. The van der Waals surface area contributed by atoms with Crippen LogP contribution in [-0.4, -0.2) is 35.4 Å². The Bertz CT molecular complexity index is 1740. The largest absolute Gasteiger partial charge is 0.497 e. The molecule has 3 aromatic carbocycles. The van der Waals surface area contributed by atoms with Crippen LogP contribution in [-0.2, 0) is 20.0 Å². The average molecular weight is 498 g/mol. The van der Waals surface area contributed by atoms with Crippen molar-refractivity contribution in [3.8, 4) is 28.6 Å². The SMILES string of the molecule is COc1ccc(-c2nc3c(c(=O)c4ccccc4n3C)c(=O)n2CCc2ccc(OC)c(OC)c2)cc1. The highest BCUT2D eigenvalue weighted by Crippen LogP contribution is 2.28. The van der Waals surface area contributed by atoms with Crippen LogP contribution in [0.4, 0.5) is 0 Å². The molecule has 2 aromatic heterocycles. The zero-order chi connectivity index (χ0) is 26.1. The molecule has 0 aliphatic heterocycles. The number of nitrogens with zero attached hydrogens (tertiary/aromatic N) is 3. The Morgan fingerprint density at radius 1 is 0.838 bits per heavy atom. The molecule has 0 spiro atoms. The Hall–Kier alpha value is -4.59. The molecule has 0 atom stereocenters. The van der Waals surface area contributed by atoms with E-state index in [1.165, 1.54) is 0 Å². The number of hydrogen-bond donors (Lipinski definition) is 0. The van der Waals surface area contributed by atoms with Gasteiger partial charge >= 0.3 is 0 Å². The average Bonchev–Trinajstić information content (AvgIpc) is 2.94. The maximum atomic E-state index is 13.9. The fourth-order valence-electron chi connectivity index (χ4n) is 4.64. The van der Waals surface area contributed by atoms with Crippen molar-refractivity contribution in [1.29, 1.82) is 0 Å². The van der Waals surface area contributed by atoms with Crippen molar-refractivity contribution in [3.63, 3.8) is 0 Å². The molecule has 8 heteroatoms. The number of ether oxygens (including phenoxy) is 3. The van der Waals surface area contributed by atoms with Gasteiger partial charge in [0.1, 0.15) is 17.0 Å². The molecule has 0 saturated heterocycles. The van der Waals surface area contributed by atoms with E-state index in [9.17, 15) is 9.59 Å². The molecular formula is C29H27N3O5. The van der Waals surface area contributed by atoms with E-state index >= 15 is 0 Å². The Labute approximate surface area is 213 Å². The molecule has 0 N–H and O–H groups in total. The number of fused-ring (bicyclic) bond motifs is 2. The lowest BCUT2D eigenvalue weighted by Gasteiger charge is -2.17. The van der Waals surface area contributed by atoms with E-state index in [2.05, 4.69) is 0 Å². The standard InChI is InChI=1S/C29H27N3O5/c1-31-22-8-6-5-7-21(22)26(33)25-28(31)30-27(19-10-12-20(35-2)13-11-19)32(29(25)34)16-15-18-9-14-23(36-3)24(17-18)37-4/h5-14,17H,15-16H2,1-4H3. The fraction of sp³-hybridized carbons (Fsp3) is 0.207. The van der Waals surface area contributed by atoms with Crippen LogP contribution in [0.5, 0.6) is 17.2 Å². The number of aromatic nitrogens is 3. The maximum Gasteiger partial charge on any atom is 0.267 e. The topological polar surface area (TPSA) is 84.6 Å². The summed E-state index contributed by atoms with van der Waals surface area (Å²) in [5, 5.41) is 0.561. The lowest BCUT2D eigenvalue weighted by molar-refractivity contribution is 0.354. The zero-order valence-corrected chi connectivity index (χ0v) is 21.1. The van der Waals surface area contributed by atoms with Crippen molar-refractivity contribution in [2.45, 2.75) is 13.0 Å². The van der Waals surface area contributed by atoms with Gasteiger partial charge in [-0.25, -0.2) is 4.98 Å². The predicted octanol–water partition coefficient (Wildman–Crippen LogP) is 4.18. The van der Waals surface area contributed by atoms with Gasteiger partial charge in [-0.1, -0.05) is 18.2 Å². The second kappa shape index (κ2) is 9.81. The van der Waals surface area contributed by atoms with Crippen LogP contribution in [0.3, 0.4) is 0 Å². The van der Waals surface area contributed by atoms with Crippen molar-refractivity contribution >= 4 is 21.9 Å².